The van der Waals surface area contributed by atoms with Gasteiger partial charge in [-0.25, -0.2) is 4.79 Å². The standard InChI is InChI=1S/C23H30O4/c1-22-10-9-16(26-3)11-14(22)5-7-17-18-8-6-15(12-20(25)27-4)23(18,2)13-19(24)21(17)22/h5,11-12,17-18,21H,6-10,13H2,1-4H3/b15-12-/t17-,18-,21+,22+,23-/m1/s1. The van der Waals surface area contributed by atoms with E-state index in [0.717, 1.165) is 43.4 Å². The predicted octanol–water partition coefficient (Wildman–Crippen LogP) is 4.37. The van der Waals surface area contributed by atoms with Crippen molar-refractivity contribution in [2.24, 2.45) is 28.6 Å². The first-order chi connectivity index (χ1) is 12.8. The Morgan fingerprint density at radius 3 is 2.70 bits per heavy atom. The number of allylic oxidation sites excluding steroid dienone is 5. The van der Waals surface area contributed by atoms with Gasteiger partial charge in [-0.05, 0) is 54.6 Å². The molecule has 4 aliphatic carbocycles. The lowest BCUT2D eigenvalue weighted by molar-refractivity contribution is -0.140. The lowest BCUT2D eigenvalue weighted by Gasteiger charge is -2.55. The van der Waals surface area contributed by atoms with Gasteiger partial charge in [-0.3, -0.25) is 4.79 Å². The Labute approximate surface area is 161 Å². The summed E-state index contributed by atoms with van der Waals surface area (Å²) in [6, 6.07) is 0. The molecule has 2 saturated carbocycles. The van der Waals surface area contributed by atoms with Crippen LogP contribution in [0.4, 0.5) is 0 Å². The molecule has 0 aromatic heterocycles. The van der Waals surface area contributed by atoms with Crippen molar-refractivity contribution in [3.63, 3.8) is 0 Å². The zero-order valence-electron chi connectivity index (χ0n) is 16.8. The van der Waals surface area contributed by atoms with Crippen molar-refractivity contribution in [1.82, 2.24) is 0 Å². The normalized spacial score (nSPS) is 41.9. The molecule has 0 bridgehead atoms. The van der Waals surface area contributed by atoms with E-state index in [1.165, 1.54) is 12.7 Å². The second kappa shape index (κ2) is 6.35. The lowest BCUT2D eigenvalue weighted by Crippen LogP contribution is -2.53. The molecule has 27 heavy (non-hydrogen) atoms. The van der Waals surface area contributed by atoms with Gasteiger partial charge in [0.15, 0.2) is 0 Å². The van der Waals surface area contributed by atoms with Crippen molar-refractivity contribution in [2.45, 2.75) is 52.4 Å². The van der Waals surface area contributed by atoms with Gasteiger partial charge < -0.3 is 9.47 Å². The van der Waals surface area contributed by atoms with Crippen LogP contribution in [-0.2, 0) is 19.1 Å². The summed E-state index contributed by atoms with van der Waals surface area (Å²) in [5.74, 6) is 2.00. The van der Waals surface area contributed by atoms with Gasteiger partial charge in [0.1, 0.15) is 5.78 Å². The van der Waals surface area contributed by atoms with E-state index >= 15 is 0 Å². The molecule has 4 rings (SSSR count). The minimum absolute atomic E-state index is 0.0851. The van der Waals surface area contributed by atoms with Crippen LogP contribution in [0.5, 0.6) is 0 Å². The Morgan fingerprint density at radius 1 is 1.22 bits per heavy atom. The first kappa shape index (κ1) is 18.5. The third kappa shape index (κ3) is 2.63. The van der Waals surface area contributed by atoms with E-state index in [1.807, 2.05) is 0 Å². The maximum Gasteiger partial charge on any atom is 0.330 e. The maximum atomic E-state index is 13.5. The molecular formula is C23H30O4. The van der Waals surface area contributed by atoms with E-state index in [2.05, 4.69) is 26.0 Å². The molecule has 0 amide bonds. The van der Waals surface area contributed by atoms with Gasteiger partial charge >= 0.3 is 5.97 Å². The number of hydrogen-bond donors (Lipinski definition) is 0. The molecular weight excluding hydrogens is 340 g/mol. The van der Waals surface area contributed by atoms with E-state index in [1.54, 1.807) is 13.2 Å². The Balaban J connectivity index is 1.72. The highest BCUT2D eigenvalue weighted by atomic mass is 16.5. The summed E-state index contributed by atoms with van der Waals surface area (Å²) in [6.45, 7) is 4.47. The number of ether oxygens (including phenoxy) is 2. The van der Waals surface area contributed by atoms with Crippen LogP contribution in [0, 0.1) is 28.6 Å². The van der Waals surface area contributed by atoms with E-state index < -0.39 is 0 Å². The molecule has 0 aliphatic heterocycles. The maximum absolute atomic E-state index is 13.5. The molecule has 0 N–H and O–H groups in total. The zero-order valence-corrected chi connectivity index (χ0v) is 16.8. The molecule has 4 nitrogen and oxygen atoms in total. The third-order valence-corrected chi connectivity index (χ3v) is 8.03. The smallest absolute Gasteiger partial charge is 0.330 e. The number of methoxy groups -OCH3 is 2. The van der Waals surface area contributed by atoms with E-state index in [9.17, 15) is 9.59 Å². The summed E-state index contributed by atoms with van der Waals surface area (Å²) < 4.78 is 10.3. The van der Waals surface area contributed by atoms with E-state index in [0.29, 0.717) is 24.0 Å². The van der Waals surface area contributed by atoms with Crippen LogP contribution in [-0.4, -0.2) is 26.0 Å². The van der Waals surface area contributed by atoms with Gasteiger partial charge in [-0.15, -0.1) is 0 Å². The van der Waals surface area contributed by atoms with Crippen LogP contribution >= 0.6 is 0 Å². The number of hydrogen-bond acceptors (Lipinski definition) is 4. The number of ketones is 1. The second-order valence-electron chi connectivity index (χ2n) is 9.17. The van der Waals surface area contributed by atoms with Crippen LogP contribution in [0.1, 0.15) is 52.4 Å². The third-order valence-electron chi connectivity index (χ3n) is 8.03. The van der Waals surface area contributed by atoms with Crippen molar-refractivity contribution in [3.05, 3.63) is 35.1 Å². The minimum Gasteiger partial charge on any atom is -0.501 e. The minimum atomic E-state index is -0.302. The topological polar surface area (TPSA) is 52.6 Å². The molecule has 4 heteroatoms. The molecule has 0 unspecified atom stereocenters. The molecule has 5 atom stereocenters. The monoisotopic (exact) mass is 370 g/mol. The first-order valence-corrected chi connectivity index (χ1v) is 10.1. The summed E-state index contributed by atoms with van der Waals surface area (Å²) >= 11 is 0. The average molecular weight is 370 g/mol. The van der Waals surface area contributed by atoms with Crippen molar-refractivity contribution >= 4 is 11.8 Å². The molecule has 2 fully saturated rings. The van der Waals surface area contributed by atoms with Gasteiger partial charge in [-0.1, -0.05) is 25.5 Å². The highest BCUT2D eigenvalue weighted by molar-refractivity contribution is 5.87. The summed E-state index contributed by atoms with van der Waals surface area (Å²) in [5.41, 5.74) is 2.11. The van der Waals surface area contributed by atoms with E-state index in [-0.39, 0.29) is 22.7 Å². The fourth-order valence-electron chi connectivity index (χ4n) is 6.58. The number of rotatable bonds is 2. The largest absolute Gasteiger partial charge is 0.501 e. The predicted molar refractivity (Wildman–Crippen MR) is 103 cm³/mol. The fourth-order valence-corrected chi connectivity index (χ4v) is 6.58. The van der Waals surface area contributed by atoms with Gasteiger partial charge in [0.05, 0.1) is 20.0 Å². The van der Waals surface area contributed by atoms with Crippen molar-refractivity contribution in [1.29, 1.82) is 0 Å². The Hall–Kier alpha value is -1.84. The molecule has 4 aliphatic rings. The lowest BCUT2D eigenvalue weighted by atomic mass is 9.48. The average Bonchev–Trinajstić information content (AvgIpc) is 2.96. The molecule has 146 valence electrons. The summed E-state index contributed by atoms with van der Waals surface area (Å²) in [4.78, 5) is 25.3. The molecule has 0 heterocycles. The van der Waals surface area contributed by atoms with Crippen molar-refractivity contribution in [3.8, 4) is 0 Å². The van der Waals surface area contributed by atoms with E-state index in [4.69, 9.17) is 9.47 Å². The summed E-state index contributed by atoms with van der Waals surface area (Å²) in [5, 5.41) is 0. The molecule has 0 saturated heterocycles. The van der Waals surface area contributed by atoms with Crippen LogP contribution in [0.25, 0.3) is 0 Å². The summed E-state index contributed by atoms with van der Waals surface area (Å²) in [6.07, 6.45) is 11.5. The summed E-state index contributed by atoms with van der Waals surface area (Å²) in [7, 11) is 3.14. The fraction of sp³-hybridized carbons (Fsp3) is 0.652. The number of Topliss-reactive ketones (excluding diaryl/α,β-unsaturated/α-hetero) is 1. The van der Waals surface area contributed by atoms with Crippen molar-refractivity contribution < 1.29 is 19.1 Å². The first-order valence-electron chi connectivity index (χ1n) is 10.1. The molecule has 0 aromatic rings. The number of carbonyl (C=O) groups is 2. The van der Waals surface area contributed by atoms with Crippen molar-refractivity contribution in [2.75, 3.05) is 14.2 Å². The van der Waals surface area contributed by atoms with Gasteiger partial charge in [-0.2, -0.15) is 0 Å². The van der Waals surface area contributed by atoms with Crippen LogP contribution in [0.15, 0.2) is 35.1 Å². The van der Waals surface area contributed by atoms with Gasteiger partial charge in [0.2, 0.25) is 0 Å². The van der Waals surface area contributed by atoms with Crippen LogP contribution in [0.3, 0.4) is 0 Å². The number of fused-ring (bicyclic) bond motifs is 5. The Kier molecular flexibility index (Phi) is 4.36. The highest BCUT2D eigenvalue weighted by Gasteiger charge is 2.60. The zero-order chi connectivity index (χ0) is 19.4. The number of esters is 1. The molecule has 0 radical (unpaired) electrons. The molecule has 0 aromatic carbocycles. The number of carbonyl (C=O) groups excluding carboxylic acids is 2. The van der Waals surface area contributed by atoms with Gasteiger partial charge in [0, 0.05) is 30.3 Å². The SMILES string of the molecule is COC(=O)/C=C1/CC[C@@H]2[C@H]3CC=C4C=C(OC)CC[C@]4(C)[C@@H]3C(=O)C[C@]12C. The Morgan fingerprint density at radius 2 is 2.00 bits per heavy atom. The Bertz CT molecular complexity index is 773. The van der Waals surface area contributed by atoms with Gasteiger partial charge in [0.25, 0.3) is 0 Å². The molecule has 0 spiro atoms. The van der Waals surface area contributed by atoms with Crippen LogP contribution in [0.2, 0.25) is 0 Å². The highest BCUT2D eigenvalue weighted by Crippen LogP contribution is 2.64. The van der Waals surface area contributed by atoms with Crippen LogP contribution < -0.4 is 0 Å². The quantitative estimate of drug-likeness (QED) is 0.535. The second-order valence-corrected chi connectivity index (χ2v) is 9.17.